The molecule has 32 heavy (non-hydrogen) atoms. The Bertz CT molecular complexity index is 680. The van der Waals surface area contributed by atoms with Crippen LogP contribution in [0.5, 0.6) is 0 Å². The van der Waals surface area contributed by atoms with Crippen molar-refractivity contribution in [3.05, 3.63) is 29.8 Å². The van der Waals surface area contributed by atoms with E-state index in [0.29, 0.717) is 0 Å². The first kappa shape index (κ1) is 26.3. The van der Waals surface area contributed by atoms with E-state index < -0.39 is 0 Å². The highest BCUT2D eigenvalue weighted by Gasteiger charge is 2.17. The molecule has 0 aromatic heterocycles. The minimum Gasteiger partial charge on any atom is -0.369 e. The number of rotatable bonds is 14. The van der Waals surface area contributed by atoms with Gasteiger partial charge in [0.05, 0.1) is 6.10 Å². The summed E-state index contributed by atoms with van der Waals surface area (Å²) in [4.78, 5) is 28.7. The van der Waals surface area contributed by atoms with E-state index in [1.54, 1.807) is 0 Å². The molecule has 0 radical (unpaired) electrons. The molecule has 1 heterocycles. The van der Waals surface area contributed by atoms with Crippen molar-refractivity contribution in [3.8, 4) is 0 Å². The van der Waals surface area contributed by atoms with Gasteiger partial charge in [-0.25, -0.2) is 0 Å². The van der Waals surface area contributed by atoms with Crippen LogP contribution in [0.1, 0.15) is 70.2 Å². The molecule has 1 fully saturated rings. The summed E-state index contributed by atoms with van der Waals surface area (Å²) < 4.78 is 5.29. The number of Topliss-reactive ketones (excluding diaryl/α,β-unsaturated/α-hetero) is 1. The normalized spacial score (nSPS) is 14.9. The topological polar surface area (TPSA) is 61.9 Å². The Balaban J connectivity index is 1.51. The highest BCUT2D eigenvalue weighted by atomic mass is 16.5. The summed E-state index contributed by atoms with van der Waals surface area (Å²) in [6.07, 6.45) is 6.00. The van der Waals surface area contributed by atoms with E-state index in [2.05, 4.69) is 27.2 Å². The second-order valence-electron chi connectivity index (χ2n) is 9.37. The van der Waals surface area contributed by atoms with Gasteiger partial charge in [0.25, 0.3) is 0 Å². The molecule has 180 valence electrons. The van der Waals surface area contributed by atoms with Crippen LogP contribution in [0.3, 0.4) is 0 Å². The average Bonchev–Trinajstić information content (AvgIpc) is 2.79. The lowest BCUT2D eigenvalue weighted by molar-refractivity contribution is -0.127. The molecular weight excluding hydrogens is 402 g/mol. The summed E-state index contributed by atoms with van der Waals surface area (Å²) in [5.41, 5.74) is 2.03. The van der Waals surface area contributed by atoms with E-state index >= 15 is 0 Å². The number of carbonyl (C=O) groups excluding carboxylic acids is 2. The monoisotopic (exact) mass is 445 g/mol. The fourth-order valence-corrected chi connectivity index (χ4v) is 3.91. The van der Waals surface area contributed by atoms with Crippen LogP contribution in [0.4, 0.5) is 5.69 Å². The van der Waals surface area contributed by atoms with Gasteiger partial charge in [0.2, 0.25) is 5.91 Å². The lowest BCUT2D eigenvalue weighted by Crippen LogP contribution is -2.46. The average molecular weight is 446 g/mol. The molecule has 6 heteroatoms. The van der Waals surface area contributed by atoms with Crippen molar-refractivity contribution in [3.63, 3.8) is 0 Å². The molecule has 1 N–H and O–H groups in total. The summed E-state index contributed by atoms with van der Waals surface area (Å²) in [5, 5.41) is 2.92. The van der Waals surface area contributed by atoms with E-state index in [4.69, 9.17) is 4.74 Å². The Kier molecular flexibility index (Phi) is 11.7. The van der Waals surface area contributed by atoms with Crippen LogP contribution >= 0.6 is 0 Å². The van der Waals surface area contributed by atoms with Crippen LogP contribution in [-0.2, 0) is 9.53 Å². The van der Waals surface area contributed by atoms with Crippen molar-refractivity contribution in [1.82, 2.24) is 10.2 Å². The van der Waals surface area contributed by atoms with Crippen molar-refractivity contribution in [2.75, 3.05) is 50.8 Å². The van der Waals surface area contributed by atoms with Crippen molar-refractivity contribution in [1.29, 1.82) is 0 Å². The lowest BCUT2D eigenvalue weighted by atomic mass is 10.0. The molecule has 1 amide bonds. The standard InChI is InChI=1S/C26H43N3O3/c1-21(2)26(31)23-10-12-24(13-11-23)29-18-16-28(17-19-29)15-9-7-5-6-8-14-27-25(30)20-32-22(3)4/h10-13,21-22H,5-9,14-20H2,1-4H3,(H,27,30). The number of ether oxygens (including phenoxy) is 1. The number of amides is 1. The van der Waals surface area contributed by atoms with Crippen LogP contribution in [0, 0.1) is 5.92 Å². The Labute approximate surface area is 194 Å². The number of ketones is 1. The molecule has 1 aliphatic rings. The number of nitrogens with zero attached hydrogens (tertiary/aromatic N) is 2. The number of piperazine rings is 1. The van der Waals surface area contributed by atoms with Crippen LogP contribution in [0.25, 0.3) is 0 Å². The summed E-state index contributed by atoms with van der Waals surface area (Å²) >= 11 is 0. The fourth-order valence-electron chi connectivity index (χ4n) is 3.91. The number of benzene rings is 1. The highest BCUT2D eigenvalue weighted by Crippen LogP contribution is 2.19. The first-order valence-electron chi connectivity index (χ1n) is 12.4. The number of nitrogens with one attached hydrogen (secondary N) is 1. The Morgan fingerprint density at radius 2 is 1.53 bits per heavy atom. The zero-order chi connectivity index (χ0) is 23.3. The third kappa shape index (κ3) is 9.70. The number of unbranched alkanes of at least 4 members (excludes halogenated alkanes) is 4. The van der Waals surface area contributed by atoms with Gasteiger partial charge in [-0.15, -0.1) is 0 Å². The largest absolute Gasteiger partial charge is 0.369 e. The molecule has 0 aliphatic carbocycles. The first-order valence-corrected chi connectivity index (χ1v) is 12.4. The number of anilines is 1. The number of carbonyl (C=O) groups is 2. The maximum atomic E-state index is 12.1. The molecule has 0 atom stereocenters. The maximum Gasteiger partial charge on any atom is 0.246 e. The minimum absolute atomic E-state index is 0.0159. The molecule has 1 saturated heterocycles. The first-order chi connectivity index (χ1) is 15.4. The quantitative estimate of drug-likeness (QED) is 0.344. The highest BCUT2D eigenvalue weighted by molar-refractivity contribution is 5.97. The molecule has 0 spiro atoms. The van der Waals surface area contributed by atoms with Gasteiger partial charge in [-0.3, -0.25) is 14.5 Å². The van der Waals surface area contributed by atoms with Gasteiger partial charge in [-0.2, -0.15) is 0 Å². The zero-order valence-electron chi connectivity index (χ0n) is 20.6. The number of hydrogen-bond acceptors (Lipinski definition) is 5. The van der Waals surface area contributed by atoms with Crippen LogP contribution in [-0.4, -0.2) is 68.6 Å². The number of hydrogen-bond donors (Lipinski definition) is 1. The van der Waals surface area contributed by atoms with Crippen molar-refractivity contribution >= 4 is 17.4 Å². The Hall–Kier alpha value is -1.92. The minimum atomic E-state index is -0.0159. The lowest BCUT2D eigenvalue weighted by Gasteiger charge is -2.36. The molecule has 1 aromatic carbocycles. The van der Waals surface area contributed by atoms with Gasteiger partial charge in [-0.05, 0) is 57.5 Å². The van der Waals surface area contributed by atoms with Gasteiger partial charge >= 0.3 is 0 Å². The van der Waals surface area contributed by atoms with Gasteiger partial charge in [-0.1, -0.05) is 33.1 Å². The molecular formula is C26H43N3O3. The third-order valence-corrected chi connectivity index (χ3v) is 5.93. The van der Waals surface area contributed by atoms with E-state index in [9.17, 15) is 9.59 Å². The molecule has 0 saturated carbocycles. The summed E-state index contributed by atoms with van der Waals surface area (Å²) in [7, 11) is 0. The van der Waals surface area contributed by atoms with Crippen molar-refractivity contribution in [2.24, 2.45) is 5.92 Å². The van der Waals surface area contributed by atoms with Crippen molar-refractivity contribution in [2.45, 2.75) is 65.9 Å². The van der Waals surface area contributed by atoms with Gasteiger partial charge < -0.3 is 15.0 Å². The smallest absolute Gasteiger partial charge is 0.246 e. The van der Waals surface area contributed by atoms with Gasteiger partial charge in [0.15, 0.2) is 5.78 Å². The molecule has 6 nitrogen and oxygen atoms in total. The second kappa shape index (κ2) is 14.3. The molecule has 0 bridgehead atoms. The molecule has 1 aromatic rings. The third-order valence-electron chi connectivity index (χ3n) is 5.93. The predicted molar refractivity (Wildman–Crippen MR) is 131 cm³/mol. The van der Waals surface area contributed by atoms with Gasteiger partial charge in [0, 0.05) is 49.9 Å². The predicted octanol–water partition coefficient (Wildman–Crippen LogP) is 4.14. The molecule has 2 rings (SSSR count). The summed E-state index contributed by atoms with van der Waals surface area (Å²) in [5.74, 6) is 0.236. The molecule has 0 unspecified atom stereocenters. The van der Waals surface area contributed by atoms with E-state index in [0.717, 1.165) is 51.1 Å². The van der Waals surface area contributed by atoms with Gasteiger partial charge in [0.1, 0.15) is 6.61 Å². The van der Waals surface area contributed by atoms with E-state index in [1.807, 2.05) is 39.8 Å². The summed E-state index contributed by atoms with van der Waals surface area (Å²) in [6, 6.07) is 8.11. The molecule has 1 aliphatic heterocycles. The van der Waals surface area contributed by atoms with Crippen LogP contribution in [0.15, 0.2) is 24.3 Å². The second-order valence-corrected chi connectivity index (χ2v) is 9.37. The van der Waals surface area contributed by atoms with Crippen LogP contribution < -0.4 is 10.2 Å². The Morgan fingerprint density at radius 1 is 0.906 bits per heavy atom. The summed E-state index contributed by atoms with van der Waals surface area (Å²) in [6.45, 7) is 14.1. The van der Waals surface area contributed by atoms with Crippen molar-refractivity contribution < 1.29 is 14.3 Å². The van der Waals surface area contributed by atoms with Crippen LogP contribution in [0.2, 0.25) is 0 Å². The zero-order valence-corrected chi connectivity index (χ0v) is 20.6. The van der Waals surface area contributed by atoms with E-state index in [1.165, 1.54) is 31.5 Å². The van der Waals surface area contributed by atoms with E-state index in [-0.39, 0.29) is 30.3 Å². The fraction of sp³-hybridized carbons (Fsp3) is 0.692. The maximum absolute atomic E-state index is 12.1. The SMILES string of the molecule is CC(C)OCC(=O)NCCCCCCCN1CCN(c2ccc(C(=O)C(C)C)cc2)CC1. The Morgan fingerprint density at radius 3 is 2.16 bits per heavy atom.